The molecule has 0 fully saturated rings. The third-order valence-corrected chi connectivity index (χ3v) is 4.78. The summed E-state index contributed by atoms with van der Waals surface area (Å²) in [6, 6.07) is 5.72. The number of fused-ring (bicyclic) bond motifs is 1. The highest BCUT2D eigenvalue weighted by molar-refractivity contribution is 5.90. The largest absolute Gasteiger partial charge is 0.489 e. The third kappa shape index (κ3) is 3.17. The lowest BCUT2D eigenvalue weighted by Crippen LogP contribution is -2.44. The van der Waals surface area contributed by atoms with E-state index in [1.807, 2.05) is 0 Å². The molecule has 1 aromatic carbocycles. The van der Waals surface area contributed by atoms with Crippen LogP contribution in [0.3, 0.4) is 0 Å². The SMILES string of the molecule is NC[C@H](c1cc2c(c(-c3ccc(F)cc3)n1)OCC2(CF)C(N)=O)C(F)(F)F. The summed E-state index contributed by atoms with van der Waals surface area (Å²) in [7, 11) is 0. The van der Waals surface area contributed by atoms with Gasteiger partial charge in [0, 0.05) is 17.7 Å². The molecule has 28 heavy (non-hydrogen) atoms. The highest BCUT2D eigenvalue weighted by atomic mass is 19.4. The summed E-state index contributed by atoms with van der Waals surface area (Å²) in [6.07, 6.45) is -4.72. The molecule has 1 aliphatic rings. The van der Waals surface area contributed by atoms with Crippen LogP contribution in [0.1, 0.15) is 17.2 Å². The van der Waals surface area contributed by atoms with E-state index in [2.05, 4.69) is 4.98 Å². The Morgan fingerprint density at radius 2 is 1.93 bits per heavy atom. The smallest absolute Gasteiger partial charge is 0.398 e. The summed E-state index contributed by atoms with van der Waals surface area (Å²) in [5.74, 6) is -3.86. The van der Waals surface area contributed by atoms with Crippen LogP contribution in [-0.2, 0) is 10.2 Å². The number of nitrogens with zero attached hydrogens (tertiary/aromatic N) is 1. The van der Waals surface area contributed by atoms with Gasteiger partial charge >= 0.3 is 6.18 Å². The molecule has 0 saturated carbocycles. The van der Waals surface area contributed by atoms with Gasteiger partial charge in [-0.05, 0) is 30.3 Å². The van der Waals surface area contributed by atoms with Crippen molar-refractivity contribution in [2.75, 3.05) is 19.8 Å². The predicted octanol–water partition coefficient (Wildman–Crippen LogP) is 2.58. The zero-order chi connectivity index (χ0) is 20.7. The number of hydrogen-bond acceptors (Lipinski definition) is 4. The number of alkyl halides is 4. The Balaban J connectivity index is 2.30. The average molecular weight is 401 g/mol. The molecule has 0 spiro atoms. The second-order valence-electron chi connectivity index (χ2n) is 6.48. The van der Waals surface area contributed by atoms with Crippen molar-refractivity contribution in [3.8, 4) is 17.0 Å². The Hall–Kier alpha value is -2.75. The number of rotatable bonds is 5. The average Bonchev–Trinajstić information content (AvgIpc) is 3.01. The first-order valence-electron chi connectivity index (χ1n) is 8.21. The predicted molar refractivity (Wildman–Crippen MR) is 89.8 cm³/mol. The van der Waals surface area contributed by atoms with E-state index in [9.17, 15) is 26.7 Å². The van der Waals surface area contributed by atoms with Gasteiger partial charge in [0.1, 0.15) is 41.9 Å². The van der Waals surface area contributed by atoms with E-state index < -0.39 is 54.8 Å². The fourth-order valence-corrected chi connectivity index (χ4v) is 3.11. The maximum Gasteiger partial charge on any atom is 0.398 e. The number of hydrogen-bond donors (Lipinski definition) is 2. The number of benzene rings is 1. The van der Waals surface area contributed by atoms with Crippen LogP contribution in [0.4, 0.5) is 22.0 Å². The van der Waals surface area contributed by atoms with Gasteiger partial charge in [0.15, 0.2) is 0 Å². The molecule has 5 nitrogen and oxygen atoms in total. The van der Waals surface area contributed by atoms with Gasteiger partial charge in [0.05, 0.1) is 5.69 Å². The number of pyridine rings is 1. The molecular weight excluding hydrogens is 385 g/mol. The van der Waals surface area contributed by atoms with Crippen molar-refractivity contribution in [1.29, 1.82) is 0 Å². The Bertz CT molecular complexity index is 901. The second kappa shape index (κ2) is 7.01. The van der Waals surface area contributed by atoms with Gasteiger partial charge in [0.2, 0.25) is 5.91 Å². The van der Waals surface area contributed by atoms with Gasteiger partial charge in [-0.3, -0.25) is 4.79 Å². The Morgan fingerprint density at radius 3 is 2.43 bits per heavy atom. The number of aromatic nitrogens is 1. The van der Waals surface area contributed by atoms with Gasteiger partial charge in [-0.1, -0.05) is 0 Å². The molecule has 1 aliphatic heterocycles. The lowest BCUT2D eigenvalue weighted by Gasteiger charge is -2.23. The minimum atomic E-state index is -4.72. The molecule has 0 saturated heterocycles. The van der Waals surface area contributed by atoms with Gasteiger partial charge in [-0.2, -0.15) is 13.2 Å². The van der Waals surface area contributed by atoms with Crippen molar-refractivity contribution in [3.05, 3.63) is 47.4 Å². The van der Waals surface area contributed by atoms with Crippen molar-refractivity contribution in [1.82, 2.24) is 4.98 Å². The van der Waals surface area contributed by atoms with Gasteiger partial charge in [-0.15, -0.1) is 0 Å². The molecule has 0 bridgehead atoms. The molecule has 2 heterocycles. The van der Waals surface area contributed by atoms with Crippen LogP contribution >= 0.6 is 0 Å². The highest BCUT2D eigenvalue weighted by Gasteiger charge is 2.50. The summed E-state index contributed by atoms with van der Waals surface area (Å²) in [5, 5.41) is 0. The van der Waals surface area contributed by atoms with Gasteiger partial charge in [0.25, 0.3) is 0 Å². The van der Waals surface area contributed by atoms with Crippen molar-refractivity contribution >= 4 is 5.91 Å². The minimum Gasteiger partial charge on any atom is -0.489 e. The van der Waals surface area contributed by atoms with Crippen molar-refractivity contribution < 1.29 is 31.5 Å². The molecule has 1 amide bonds. The van der Waals surface area contributed by atoms with Crippen LogP contribution in [0.2, 0.25) is 0 Å². The summed E-state index contributed by atoms with van der Waals surface area (Å²) in [6.45, 7) is -2.55. The maximum absolute atomic E-state index is 13.8. The molecule has 3 rings (SSSR count). The number of amides is 1. The van der Waals surface area contributed by atoms with E-state index >= 15 is 0 Å². The Kier molecular flexibility index (Phi) is 5.00. The van der Waals surface area contributed by atoms with Crippen LogP contribution in [-0.4, -0.2) is 36.9 Å². The third-order valence-electron chi connectivity index (χ3n) is 4.78. The first-order chi connectivity index (χ1) is 13.1. The van der Waals surface area contributed by atoms with E-state index in [0.717, 1.165) is 18.2 Å². The van der Waals surface area contributed by atoms with Crippen molar-refractivity contribution in [2.45, 2.75) is 17.5 Å². The van der Waals surface area contributed by atoms with E-state index in [1.165, 1.54) is 12.1 Å². The molecule has 2 atom stereocenters. The normalized spacial score (nSPS) is 19.8. The van der Waals surface area contributed by atoms with Crippen LogP contribution in [0.25, 0.3) is 11.3 Å². The fourth-order valence-electron chi connectivity index (χ4n) is 3.11. The second-order valence-corrected chi connectivity index (χ2v) is 6.48. The molecule has 0 aliphatic carbocycles. The minimum absolute atomic E-state index is 0.0650. The number of primary amides is 1. The van der Waals surface area contributed by atoms with Crippen LogP contribution in [0.15, 0.2) is 30.3 Å². The standard InChI is InChI=1S/C18H16F5N3O2/c19-7-17(16(25)27)8-28-15-11(17)5-13(12(6-24)18(21,22)23)26-14(15)9-1-3-10(20)4-2-9/h1-5,12H,6-8,24H2,(H2,25,27)/t12-,17?/m1/s1. The molecular formula is C18H16F5N3O2. The Labute approximate surface area is 156 Å². The summed E-state index contributed by atoms with van der Waals surface area (Å²) in [4.78, 5) is 16.0. The topological polar surface area (TPSA) is 91.2 Å². The highest BCUT2D eigenvalue weighted by Crippen LogP contribution is 2.46. The van der Waals surface area contributed by atoms with Gasteiger partial charge < -0.3 is 16.2 Å². The maximum atomic E-state index is 13.8. The summed E-state index contributed by atoms with van der Waals surface area (Å²) in [5.41, 5.74) is 8.22. The number of halogens is 5. The zero-order valence-corrected chi connectivity index (χ0v) is 14.4. The molecule has 10 heteroatoms. The molecule has 0 radical (unpaired) electrons. The lowest BCUT2D eigenvalue weighted by molar-refractivity contribution is -0.148. The lowest BCUT2D eigenvalue weighted by atomic mass is 9.81. The van der Waals surface area contributed by atoms with Crippen molar-refractivity contribution in [2.24, 2.45) is 11.5 Å². The van der Waals surface area contributed by atoms with Crippen LogP contribution in [0, 0.1) is 5.82 Å². The summed E-state index contributed by atoms with van der Waals surface area (Å²) >= 11 is 0. The number of nitrogens with two attached hydrogens (primary N) is 2. The van der Waals surface area contributed by atoms with E-state index in [4.69, 9.17) is 16.2 Å². The number of carbonyl (C=O) groups excluding carboxylic acids is 1. The van der Waals surface area contributed by atoms with E-state index in [0.29, 0.717) is 0 Å². The van der Waals surface area contributed by atoms with E-state index in [-0.39, 0.29) is 22.6 Å². The molecule has 1 aromatic heterocycles. The summed E-state index contributed by atoms with van der Waals surface area (Å²) < 4.78 is 72.7. The van der Waals surface area contributed by atoms with Gasteiger partial charge in [-0.25, -0.2) is 13.8 Å². The molecule has 4 N–H and O–H groups in total. The molecule has 150 valence electrons. The zero-order valence-electron chi connectivity index (χ0n) is 14.4. The number of ether oxygens (including phenoxy) is 1. The van der Waals surface area contributed by atoms with Crippen LogP contribution in [0.5, 0.6) is 5.75 Å². The molecule has 2 aromatic rings. The quantitative estimate of drug-likeness (QED) is 0.754. The first kappa shape index (κ1) is 20.0. The first-order valence-corrected chi connectivity index (χ1v) is 8.21. The van der Waals surface area contributed by atoms with Crippen molar-refractivity contribution in [3.63, 3.8) is 0 Å². The number of carbonyl (C=O) groups is 1. The van der Waals surface area contributed by atoms with E-state index in [1.54, 1.807) is 0 Å². The monoisotopic (exact) mass is 401 g/mol. The van der Waals surface area contributed by atoms with Crippen LogP contribution < -0.4 is 16.2 Å². The fraction of sp³-hybridized carbons (Fsp3) is 0.333. The Morgan fingerprint density at radius 1 is 1.29 bits per heavy atom. The molecule has 1 unspecified atom stereocenters.